The summed E-state index contributed by atoms with van der Waals surface area (Å²) in [5.74, 6) is 0.634. The number of aromatic nitrogens is 3. The Balaban J connectivity index is 1.10. The van der Waals surface area contributed by atoms with E-state index in [0.717, 1.165) is 50.7 Å². The zero-order chi connectivity index (χ0) is 24.0. The smallest absolute Gasteiger partial charge is 0.321 e. The molecule has 1 saturated heterocycles. The highest BCUT2D eigenvalue weighted by Crippen LogP contribution is 2.50. The van der Waals surface area contributed by atoms with Crippen molar-refractivity contribution < 1.29 is 13.5 Å². The van der Waals surface area contributed by atoms with Gasteiger partial charge in [0.1, 0.15) is 5.75 Å². The molecule has 2 aromatic heterocycles. The van der Waals surface area contributed by atoms with Gasteiger partial charge in [-0.3, -0.25) is 14.2 Å². The van der Waals surface area contributed by atoms with Crippen molar-refractivity contribution in [1.82, 2.24) is 19.2 Å². The van der Waals surface area contributed by atoms with Crippen molar-refractivity contribution in [2.24, 2.45) is 12.5 Å². The molecule has 3 heterocycles. The van der Waals surface area contributed by atoms with Crippen LogP contribution in [-0.4, -0.2) is 45.0 Å². The normalized spacial score (nSPS) is 17.8. The lowest BCUT2D eigenvalue weighted by molar-refractivity contribution is -0.118. The molecule has 1 saturated carbocycles. The molecule has 0 bridgehead atoms. The van der Waals surface area contributed by atoms with Gasteiger partial charge in [-0.1, -0.05) is 11.6 Å². The fourth-order valence-electron chi connectivity index (χ4n) is 5.22. The van der Waals surface area contributed by atoms with Gasteiger partial charge in [0.25, 0.3) is 11.1 Å². The summed E-state index contributed by atoms with van der Waals surface area (Å²) in [6.07, 6.45) is 6.34. The van der Waals surface area contributed by atoms with E-state index < -0.39 is 12.1 Å². The number of pyridine rings is 1. The molecule has 0 unspecified atom stereocenters. The minimum atomic E-state index is -2.81. The average Bonchev–Trinajstić information content (AvgIpc) is 2.74. The molecule has 180 valence electrons. The summed E-state index contributed by atoms with van der Waals surface area (Å²) in [5, 5.41) is 5.54. The van der Waals surface area contributed by atoms with Crippen LogP contribution in [0.1, 0.15) is 31.4 Å². The Kier molecular flexibility index (Phi) is 5.93. The third-order valence-electron chi connectivity index (χ3n) is 6.92. The lowest BCUT2D eigenvalue weighted by Crippen LogP contribution is -2.64. The van der Waals surface area contributed by atoms with Crippen LogP contribution < -0.4 is 15.9 Å². The molecule has 1 aliphatic heterocycles. The van der Waals surface area contributed by atoms with Crippen LogP contribution >= 0.6 is 11.6 Å². The molecule has 0 radical (unpaired) electrons. The van der Waals surface area contributed by atoms with Crippen molar-refractivity contribution in [1.29, 1.82) is 0 Å². The quantitative estimate of drug-likeness (QED) is 0.506. The van der Waals surface area contributed by atoms with Crippen molar-refractivity contribution in [3.8, 4) is 5.75 Å². The van der Waals surface area contributed by atoms with Gasteiger partial charge in [-0.05, 0) is 56.0 Å². The Bertz CT molecular complexity index is 1340. The minimum Gasteiger partial charge on any atom is -0.490 e. The summed E-state index contributed by atoms with van der Waals surface area (Å²) in [5.41, 5.74) is 0.149. The Hall–Kier alpha value is -2.78. The van der Waals surface area contributed by atoms with Gasteiger partial charge >= 0.3 is 6.55 Å². The molecular formula is C24H25ClF2N4O3. The van der Waals surface area contributed by atoms with Gasteiger partial charge in [0, 0.05) is 37.8 Å². The van der Waals surface area contributed by atoms with Crippen LogP contribution in [-0.2, 0) is 13.5 Å². The summed E-state index contributed by atoms with van der Waals surface area (Å²) in [6, 6.07) is 6.37. The first kappa shape index (κ1) is 23.0. The Labute approximate surface area is 199 Å². The van der Waals surface area contributed by atoms with Gasteiger partial charge in [-0.15, -0.1) is 0 Å². The summed E-state index contributed by atoms with van der Waals surface area (Å²) < 4.78 is 33.2. The van der Waals surface area contributed by atoms with Crippen molar-refractivity contribution >= 4 is 22.4 Å². The second-order valence-corrected chi connectivity index (χ2v) is 9.84. The molecule has 2 fully saturated rings. The third kappa shape index (κ3) is 4.22. The maximum Gasteiger partial charge on any atom is 0.321 e. The second-order valence-electron chi connectivity index (χ2n) is 9.43. The third-order valence-corrected chi connectivity index (χ3v) is 7.23. The van der Waals surface area contributed by atoms with Crippen molar-refractivity contribution in [2.45, 2.75) is 38.3 Å². The number of alkyl halides is 2. The maximum atomic E-state index is 12.7. The summed E-state index contributed by atoms with van der Waals surface area (Å²) in [6.45, 7) is 0.103. The fourth-order valence-corrected chi connectivity index (χ4v) is 5.47. The molecule has 1 aromatic carbocycles. The van der Waals surface area contributed by atoms with Crippen LogP contribution in [0.4, 0.5) is 8.78 Å². The molecule has 34 heavy (non-hydrogen) atoms. The highest BCUT2D eigenvalue weighted by Gasteiger charge is 2.53. The second kappa shape index (κ2) is 8.78. The van der Waals surface area contributed by atoms with E-state index in [-0.39, 0.29) is 17.1 Å². The highest BCUT2D eigenvalue weighted by atomic mass is 35.5. The first-order valence-electron chi connectivity index (χ1n) is 11.3. The van der Waals surface area contributed by atoms with Gasteiger partial charge in [0.2, 0.25) is 0 Å². The minimum absolute atomic E-state index is 0.0944. The standard InChI is InChI=1S/C24H25ClF2N4O3/c1-29-22(33)21-17(12-28-29)19(5-4-18(21)25)34-16-10-24(11-16)13-30(14-24)7-2-3-15-6-8-31(23(26)27)20(32)9-15/h4-6,8-9,12,16,23H,2-3,7,10-11,13-14H2,1H3. The van der Waals surface area contributed by atoms with Crippen LogP contribution in [0.2, 0.25) is 5.02 Å². The van der Waals surface area contributed by atoms with Crippen LogP contribution in [0.25, 0.3) is 10.8 Å². The van der Waals surface area contributed by atoms with Gasteiger partial charge < -0.3 is 9.64 Å². The Morgan fingerprint density at radius 1 is 1.24 bits per heavy atom. The predicted octanol–water partition coefficient (Wildman–Crippen LogP) is 3.62. The summed E-state index contributed by atoms with van der Waals surface area (Å²) in [4.78, 5) is 26.5. The zero-order valence-electron chi connectivity index (χ0n) is 18.7. The van der Waals surface area contributed by atoms with Crippen LogP contribution in [0.3, 0.4) is 0 Å². The highest BCUT2D eigenvalue weighted by molar-refractivity contribution is 6.35. The van der Waals surface area contributed by atoms with E-state index in [4.69, 9.17) is 16.3 Å². The van der Waals surface area contributed by atoms with Gasteiger partial charge in [0.05, 0.1) is 28.1 Å². The number of rotatable bonds is 7. The number of nitrogens with zero attached hydrogens (tertiary/aromatic N) is 4. The molecule has 3 aromatic rings. The molecule has 2 aliphatic rings. The molecule has 1 spiro atoms. The number of benzene rings is 1. The van der Waals surface area contributed by atoms with Crippen LogP contribution in [0.5, 0.6) is 5.75 Å². The van der Waals surface area contributed by atoms with E-state index >= 15 is 0 Å². The van der Waals surface area contributed by atoms with Gasteiger partial charge in [0.15, 0.2) is 0 Å². The summed E-state index contributed by atoms with van der Waals surface area (Å²) in [7, 11) is 1.59. The number of hydrogen-bond donors (Lipinski definition) is 0. The molecule has 7 nitrogen and oxygen atoms in total. The number of halogens is 3. The van der Waals surface area contributed by atoms with E-state index in [0.29, 0.717) is 32.5 Å². The summed E-state index contributed by atoms with van der Waals surface area (Å²) >= 11 is 6.24. The number of likely N-dealkylation sites (tertiary alicyclic amines) is 1. The Morgan fingerprint density at radius 3 is 2.71 bits per heavy atom. The van der Waals surface area contributed by atoms with Gasteiger partial charge in [-0.25, -0.2) is 4.68 Å². The molecule has 0 amide bonds. The number of fused-ring (bicyclic) bond motifs is 1. The predicted molar refractivity (Wildman–Crippen MR) is 125 cm³/mol. The Morgan fingerprint density at radius 2 is 2.00 bits per heavy atom. The van der Waals surface area contributed by atoms with Crippen molar-refractivity contribution in [3.63, 3.8) is 0 Å². The molecular weight excluding hydrogens is 466 g/mol. The van der Waals surface area contributed by atoms with E-state index in [1.54, 1.807) is 31.4 Å². The average molecular weight is 491 g/mol. The van der Waals surface area contributed by atoms with Crippen LogP contribution in [0.15, 0.2) is 46.2 Å². The molecule has 10 heteroatoms. The fraction of sp³-hybridized carbons (Fsp3) is 0.458. The maximum absolute atomic E-state index is 12.7. The molecule has 0 atom stereocenters. The molecule has 5 rings (SSSR count). The topological polar surface area (TPSA) is 69.4 Å². The molecule has 0 N–H and O–H groups in total. The number of ether oxygens (including phenoxy) is 1. The SMILES string of the molecule is Cn1ncc2c(OC3CC4(C3)CN(CCCc3ccn(C(F)F)c(=O)c3)C4)ccc(Cl)c2c1=O. The molecule has 1 aliphatic carbocycles. The zero-order valence-corrected chi connectivity index (χ0v) is 19.5. The largest absolute Gasteiger partial charge is 0.490 e. The lowest BCUT2D eigenvalue weighted by Gasteiger charge is -2.58. The monoisotopic (exact) mass is 490 g/mol. The van der Waals surface area contributed by atoms with Crippen molar-refractivity contribution in [3.05, 3.63) is 68.0 Å². The van der Waals surface area contributed by atoms with E-state index in [1.807, 2.05) is 0 Å². The van der Waals surface area contributed by atoms with Crippen molar-refractivity contribution in [2.75, 3.05) is 19.6 Å². The first-order chi connectivity index (χ1) is 16.2. The first-order valence-corrected chi connectivity index (χ1v) is 11.7. The van der Waals surface area contributed by atoms with Gasteiger partial charge in [-0.2, -0.15) is 13.9 Å². The van der Waals surface area contributed by atoms with E-state index in [1.165, 1.54) is 10.7 Å². The van der Waals surface area contributed by atoms with E-state index in [2.05, 4.69) is 10.00 Å². The van der Waals surface area contributed by atoms with Crippen LogP contribution in [0, 0.1) is 5.41 Å². The lowest BCUT2D eigenvalue weighted by atomic mass is 9.61. The van der Waals surface area contributed by atoms with E-state index in [9.17, 15) is 18.4 Å². The number of aryl methyl sites for hydroxylation is 2. The number of hydrogen-bond acceptors (Lipinski definition) is 5.